The summed E-state index contributed by atoms with van der Waals surface area (Å²) >= 11 is 0. The number of hydrogen-bond acceptors (Lipinski definition) is 4. The van der Waals surface area contributed by atoms with E-state index in [0.717, 1.165) is 37.5 Å². The van der Waals surface area contributed by atoms with Crippen molar-refractivity contribution in [2.45, 2.75) is 6.23 Å². The lowest BCUT2D eigenvalue weighted by Crippen LogP contribution is -3.15. The highest BCUT2D eigenvalue weighted by molar-refractivity contribution is 5.93. The summed E-state index contributed by atoms with van der Waals surface area (Å²) in [6.07, 6.45) is -0.160. The van der Waals surface area contributed by atoms with Gasteiger partial charge in [0.2, 0.25) is 0 Å². The Bertz CT molecular complexity index is 737. The minimum Gasteiger partial charge on any atom is -0.497 e. The summed E-state index contributed by atoms with van der Waals surface area (Å²) in [5, 5.41) is 0. The van der Waals surface area contributed by atoms with Gasteiger partial charge in [-0.05, 0) is 36.4 Å². The topological polar surface area (TPSA) is 43.2 Å². The minimum absolute atomic E-state index is 0.160. The number of ether oxygens (including phenoxy) is 2. The zero-order valence-electron chi connectivity index (χ0n) is 13.7. The van der Waals surface area contributed by atoms with Crippen LogP contribution in [0.2, 0.25) is 0 Å². The third-order valence-electron chi connectivity index (χ3n) is 4.90. The van der Waals surface area contributed by atoms with Crippen LogP contribution in [0.15, 0.2) is 48.5 Å². The first kappa shape index (κ1) is 15.0. The molecule has 0 radical (unpaired) electrons. The maximum absolute atomic E-state index is 12.0. The van der Waals surface area contributed by atoms with Crippen LogP contribution in [-0.4, -0.2) is 39.3 Å². The number of hydrogen-bond donors (Lipinski definition) is 1. The molecular formula is C19H21N2O3+. The SMILES string of the molecule is COc1ccc(N2CC[NH+]([C@H]3OC(=O)c4ccccc43)CC2)cc1. The van der Waals surface area contributed by atoms with Crippen molar-refractivity contribution >= 4 is 11.7 Å². The van der Waals surface area contributed by atoms with Crippen LogP contribution in [-0.2, 0) is 4.74 Å². The van der Waals surface area contributed by atoms with Crippen LogP contribution in [0.5, 0.6) is 5.75 Å². The number of carbonyl (C=O) groups excluding carboxylic acids is 1. The molecule has 5 heteroatoms. The Morgan fingerprint density at radius 3 is 2.50 bits per heavy atom. The van der Waals surface area contributed by atoms with E-state index in [0.29, 0.717) is 5.56 Å². The average Bonchev–Trinajstić information content (AvgIpc) is 2.99. The molecule has 0 amide bonds. The van der Waals surface area contributed by atoms with Crippen molar-refractivity contribution in [1.29, 1.82) is 0 Å². The Hall–Kier alpha value is -2.53. The van der Waals surface area contributed by atoms with E-state index in [1.165, 1.54) is 10.6 Å². The van der Waals surface area contributed by atoms with Crippen molar-refractivity contribution in [2.24, 2.45) is 0 Å². The maximum atomic E-state index is 12.0. The molecule has 0 aromatic heterocycles. The van der Waals surface area contributed by atoms with Crippen molar-refractivity contribution in [3.05, 3.63) is 59.7 Å². The zero-order valence-corrected chi connectivity index (χ0v) is 13.7. The molecule has 24 heavy (non-hydrogen) atoms. The van der Waals surface area contributed by atoms with E-state index < -0.39 is 0 Å². The van der Waals surface area contributed by atoms with E-state index in [1.54, 1.807) is 7.11 Å². The number of piperazine rings is 1. The summed E-state index contributed by atoms with van der Waals surface area (Å²) in [5.41, 5.74) is 2.95. The molecule has 0 aliphatic carbocycles. The van der Waals surface area contributed by atoms with Gasteiger partial charge in [-0.2, -0.15) is 0 Å². The fourth-order valence-corrected chi connectivity index (χ4v) is 3.56. The lowest BCUT2D eigenvalue weighted by Gasteiger charge is -2.35. The molecule has 0 unspecified atom stereocenters. The van der Waals surface area contributed by atoms with Crippen molar-refractivity contribution in [3.8, 4) is 5.75 Å². The number of cyclic esters (lactones) is 1. The van der Waals surface area contributed by atoms with Crippen LogP contribution in [0.25, 0.3) is 0 Å². The molecule has 0 bridgehead atoms. The molecule has 0 spiro atoms. The maximum Gasteiger partial charge on any atom is 0.343 e. The number of esters is 1. The van der Waals surface area contributed by atoms with Gasteiger partial charge in [0.15, 0.2) is 0 Å². The molecule has 2 aliphatic heterocycles. The fourth-order valence-electron chi connectivity index (χ4n) is 3.56. The Labute approximate surface area is 141 Å². The monoisotopic (exact) mass is 325 g/mol. The second kappa shape index (κ2) is 6.17. The molecule has 1 atom stereocenters. The van der Waals surface area contributed by atoms with Gasteiger partial charge in [-0.3, -0.25) is 4.90 Å². The van der Waals surface area contributed by atoms with Crippen molar-refractivity contribution in [2.75, 3.05) is 38.2 Å². The van der Waals surface area contributed by atoms with Crippen LogP contribution < -0.4 is 14.5 Å². The van der Waals surface area contributed by atoms with E-state index in [1.807, 2.05) is 36.4 Å². The van der Waals surface area contributed by atoms with E-state index in [-0.39, 0.29) is 12.2 Å². The second-order valence-corrected chi connectivity index (χ2v) is 6.22. The lowest BCUT2D eigenvalue weighted by molar-refractivity contribution is -0.952. The average molecular weight is 325 g/mol. The molecule has 1 fully saturated rings. The predicted octanol–water partition coefficient (Wildman–Crippen LogP) is 1.27. The van der Waals surface area contributed by atoms with Crippen molar-refractivity contribution in [3.63, 3.8) is 0 Å². The van der Waals surface area contributed by atoms with Gasteiger partial charge in [-0.15, -0.1) is 0 Å². The first-order chi connectivity index (χ1) is 11.8. The molecule has 1 saturated heterocycles. The van der Waals surface area contributed by atoms with Gasteiger partial charge in [-0.1, -0.05) is 12.1 Å². The standard InChI is InChI=1S/C19H20N2O3/c1-23-15-8-6-14(7-9-15)20-10-12-21(13-11-20)18-16-4-2-3-5-17(16)19(22)24-18/h2-9,18H,10-13H2,1H3/p+1/t18-/m0/s1. The Morgan fingerprint density at radius 1 is 1.08 bits per heavy atom. The Morgan fingerprint density at radius 2 is 1.79 bits per heavy atom. The quantitative estimate of drug-likeness (QED) is 0.863. The fraction of sp³-hybridized carbons (Fsp3) is 0.316. The summed E-state index contributed by atoms with van der Waals surface area (Å²) in [4.78, 5) is 15.7. The minimum atomic E-state index is -0.194. The molecule has 1 N–H and O–H groups in total. The van der Waals surface area contributed by atoms with E-state index in [4.69, 9.17) is 9.47 Å². The predicted molar refractivity (Wildman–Crippen MR) is 90.5 cm³/mol. The molecule has 4 rings (SSSR count). The van der Waals surface area contributed by atoms with E-state index >= 15 is 0 Å². The normalized spacial score (nSPS) is 20.6. The number of nitrogens with one attached hydrogen (secondary N) is 1. The number of quaternary nitrogens is 1. The number of rotatable bonds is 3. The molecular weight excluding hydrogens is 304 g/mol. The van der Waals surface area contributed by atoms with Crippen LogP contribution in [0.3, 0.4) is 0 Å². The summed E-state index contributed by atoms with van der Waals surface area (Å²) in [6.45, 7) is 3.77. The van der Waals surface area contributed by atoms with E-state index in [9.17, 15) is 4.79 Å². The van der Waals surface area contributed by atoms with Crippen molar-refractivity contribution < 1.29 is 19.2 Å². The number of carbonyl (C=O) groups is 1. The molecule has 2 aromatic rings. The molecule has 2 aliphatic rings. The van der Waals surface area contributed by atoms with Gasteiger partial charge >= 0.3 is 5.97 Å². The first-order valence-corrected chi connectivity index (χ1v) is 8.30. The highest BCUT2D eigenvalue weighted by Crippen LogP contribution is 2.26. The summed E-state index contributed by atoms with van der Waals surface area (Å²) < 4.78 is 10.8. The first-order valence-electron chi connectivity index (χ1n) is 8.30. The highest BCUT2D eigenvalue weighted by atomic mass is 16.6. The summed E-state index contributed by atoms with van der Waals surface area (Å²) in [6, 6.07) is 15.9. The Kier molecular flexibility index (Phi) is 3.86. The van der Waals surface area contributed by atoms with Crippen LogP contribution in [0, 0.1) is 0 Å². The van der Waals surface area contributed by atoms with Gasteiger partial charge in [0.25, 0.3) is 6.23 Å². The van der Waals surface area contributed by atoms with Gasteiger partial charge in [-0.25, -0.2) is 4.79 Å². The molecule has 124 valence electrons. The van der Waals surface area contributed by atoms with Gasteiger partial charge < -0.3 is 14.4 Å². The van der Waals surface area contributed by atoms with Crippen LogP contribution >= 0.6 is 0 Å². The van der Waals surface area contributed by atoms with Crippen LogP contribution in [0.4, 0.5) is 5.69 Å². The largest absolute Gasteiger partial charge is 0.497 e. The molecule has 2 heterocycles. The Balaban J connectivity index is 1.44. The van der Waals surface area contributed by atoms with Gasteiger partial charge in [0, 0.05) is 5.69 Å². The third kappa shape index (κ3) is 2.61. The van der Waals surface area contributed by atoms with Gasteiger partial charge in [0.05, 0.1) is 44.4 Å². The smallest absolute Gasteiger partial charge is 0.343 e. The van der Waals surface area contributed by atoms with Crippen LogP contribution in [0.1, 0.15) is 22.1 Å². The number of benzene rings is 2. The van der Waals surface area contributed by atoms with E-state index in [2.05, 4.69) is 17.0 Å². The lowest BCUT2D eigenvalue weighted by atomic mass is 10.1. The molecule has 5 nitrogen and oxygen atoms in total. The third-order valence-corrected chi connectivity index (χ3v) is 4.90. The number of fused-ring (bicyclic) bond motifs is 1. The summed E-state index contributed by atoms with van der Waals surface area (Å²) in [5.74, 6) is 0.679. The molecule has 0 saturated carbocycles. The summed E-state index contributed by atoms with van der Waals surface area (Å²) in [7, 11) is 1.68. The van der Waals surface area contributed by atoms with Gasteiger partial charge in [0.1, 0.15) is 5.75 Å². The number of nitrogens with zero attached hydrogens (tertiary/aromatic N) is 1. The highest BCUT2D eigenvalue weighted by Gasteiger charge is 2.39. The second-order valence-electron chi connectivity index (χ2n) is 6.22. The number of methoxy groups -OCH3 is 1. The van der Waals surface area contributed by atoms with Crippen molar-refractivity contribution in [1.82, 2.24) is 0 Å². The molecule has 2 aromatic carbocycles. The number of anilines is 1. The zero-order chi connectivity index (χ0) is 16.5.